The highest BCUT2D eigenvalue weighted by molar-refractivity contribution is 5.19. The summed E-state index contributed by atoms with van der Waals surface area (Å²) in [6, 6.07) is 12.1. The molecule has 3 heteroatoms. The molecule has 0 aliphatic carbocycles. The smallest absolute Gasteiger partial charge is 0.0664 e. The molecule has 17 heavy (non-hydrogen) atoms. The lowest BCUT2D eigenvalue weighted by Crippen LogP contribution is -2.30. The summed E-state index contributed by atoms with van der Waals surface area (Å²) >= 11 is 0. The fraction of sp³-hybridized carbons (Fsp3) is 0.500. The average Bonchev–Trinajstić information content (AvgIpc) is 2.36. The van der Waals surface area contributed by atoms with Crippen LogP contribution in [-0.4, -0.2) is 17.8 Å². The van der Waals surface area contributed by atoms with Crippen molar-refractivity contribution in [2.45, 2.75) is 38.3 Å². The molecule has 2 N–H and O–H groups in total. The van der Waals surface area contributed by atoms with Crippen LogP contribution >= 0.6 is 0 Å². The normalized spacial score (nSPS) is 13.9. The van der Waals surface area contributed by atoms with Gasteiger partial charge in [0.15, 0.2) is 0 Å². The maximum Gasteiger partial charge on any atom is 0.0664 e. The molecule has 0 bridgehead atoms. The van der Waals surface area contributed by atoms with E-state index in [-0.39, 0.29) is 12.1 Å². The molecule has 1 aromatic rings. The molecule has 92 valence electrons. The summed E-state index contributed by atoms with van der Waals surface area (Å²) in [4.78, 5) is 0. The summed E-state index contributed by atoms with van der Waals surface area (Å²) in [7, 11) is 0. The van der Waals surface area contributed by atoms with Crippen molar-refractivity contribution in [3.8, 4) is 6.07 Å². The Morgan fingerprint density at radius 3 is 2.65 bits per heavy atom. The minimum Gasteiger partial charge on any atom is -0.392 e. The monoisotopic (exact) mass is 232 g/mol. The predicted octanol–water partition coefficient (Wildman–Crippen LogP) is 2.39. The fourth-order valence-electron chi connectivity index (χ4n) is 1.80. The van der Waals surface area contributed by atoms with Gasteiger partial charge in [-0.3, -0.25) is 0 Å². The Kier molecular flexibility index (Phi) is 6.31. The van der Waals surface area contributed by atoms with Gasteiger partial charge in [-0.05, 0) is 12.0 Å². The third-order valence-electron chi connectivity index (χ3n) is 2.72. The average molecular weight is 232 g/mol. The molecule has 0 aromatic heterocycles. The van der Waals surface area contributed by atoms with E-state index >= 15 is 0 Å². The van der Waals surface area contributed by atoms with Crippen molar-refractivity contribution in [2.24, 2.45) is 0 Å². The molecule has 1 aromatic carbocycles. The van der Waals surface area contributed by atoms with E-state index in [9.17, 15) is 5.11 Å². The van der Waals surface area contributed by atoms with E-state index in [0.29, 0.717) is 13.0 Å². The highest BCUT2D eigenvalue weighted by Gasteiger charge is 2.12. The first kappa shape index (κ1) is 13.7. The van der Waals surface area contributed by atoms with Crippen LogP contribution < -0.4 is 5.32 Å². The molecule has 0 fully saturated rings. The first-order valence-electron chi connectivity index (χ1n) is 6.11. The number of rotatable bonds is 7. The molecule has 0 amide bonds. The van der Waals surface area contributed by atoms with Gasteiger partial charge in [0.25, 0.3) is 0 Å². The lowest BCUT2D eigenvalue weighted by molar-refractivity contribution is 0.156. The summed E-state index contributed by atoms with van der Waals surface area (Å²) in [6.07, 6.45) is 1.85. The highest BCUT2D eigenvalue weighted by Crippen LogP contribution is 2.15. The number of nitrogens with zero attached hydrogens (tertiary/aromatic N) is 1. The molecule has 0 heterocycles. The summed E-state index contributed by atoms with van der Waals surface area (Å²) in [5.41, 5.74) is 1.10. The van der Waals surface area contributed by atoms with Crippen LogP contribution in [0.5, 0.6) is 0 Å². The molecular formula is C14H20N2O. The van der Waals surface area contributed by atoms with Crippen molar-refractivity contribution in [1.82, 2.24) is 5.32 Å². The van der Waals surface area contributed by atoms with E-state index in [2.05, 4.69) is 11.4 Å². The Bertz CT molecular complexity index is 345. The topological polar surface area (TPSA) is 56.0 Å². The molecule has 0 saturated heterocycles. The Morgan fingerprint density at radius 2 is 2.06 bits per heavy atom. The zero-order valence-corrected chi connectivity index (χ0v) is 10.3. The first-order valence-corrected chi connectivity index (χ1v) is 6.11. The molecule has 0 spiro atoms. The molecule has 0 saturated carbocycles. The zero-order valence-electron chi connectivity index (χ0n) is 10.3. The van der Waals surface area contributed by atoms with Crippen LogP contribution in [0.1, 0.15) is 37.8 Å². The zero-order chi connectivity index (χ0) is 12.5. The molecule has 2 atom stereocenters. The summed E-state index contributed by atoms with van der Waals surface area (Å²) in [6.45, 7) is 2.59. The van der Waals surface area contributed by atoms with E-state index in [1.54, 1.807) is 0 Å². The SMILES string of the molecule is CCCC(O)CNC(CC#N)c1ccccc1. The van der Waals surface area contributed by atoms with Crippen LogP contribution in [-0.2, 0) is 0 Å². The first-order chi connectivity index (χ1) is 8.27. The number of benzene rings is 1. The largest absolute Gasteiger partial charge is 0.392 e. The number of nitriles is 1. The van der Waals surface area contributed by atoms with Gasteiger partial charge in [-0.2, -0.15) is 5.26 Å². The number of hydrogen-bond acceptors (Lipinski definition) is 3. The molecule has 0 aliphatic rings. The van der Waals surface area contributed by atoms with Gasteiger partial charge in [0.05, 0.1) is 18.6 Å². The van der Waals surface area contributed by atoms with Gasteiger partial charge in [0.2, 0.25) is 0 Å². The van der Waals surface area contributed by atoms with Gasteiger partial charge in [0.1, 0.15) is 0 Å². The number of hydrogen-bond donors (Lipinski definition) is 2. The number of nitrogens with one attached hydrogen (secondary N) is 1. The van der Waals surface area contributed by atoms with E-state index < -0.39 is 0 Å². The minimum absolute atomic E-state index is 0.00714. The van der Waals surface area contributed by atoms with Crippen LogP contribution in [0.4, 0.5) is 0 Å². The highest BCUT2D eigenvalue weighted by atomic mass is 16.3. The standard InChI is InChI=1S/C14H20N2O/c1-2-6-13(17)11-16-14(9-10-15)12-7-4-3-5-8-12/h3-5,7-8,13-14,16-17H,2,6,9,11H2,1H3. The Balaban J connectivity index is 2.53. The molecule has 3 nitrogen and oxygen atoms in total. The second-order valence-electron chi connectivity index (χ2n) is 4.18. The van der Waals surface area contributed by atoms with Crippen molar-refractivity contribution in [3.63, 3.8) is 0 Å². The van der Waals surface area contributed by atoms with Gasteiger partial charge >= 0.3 is 0 Å². The fourth-order valence-corrected chi connectivity index (χ4v) is 1.80. The minimum atomic E-state index is -0.329. The lowest BCUT2D eigenvalue weighted by atomic mass is 10.0. The van der Waals surface area contributed by atoms with Crippen LogP contribution in [0.15, 0.2) is 30.3 Å². The number of aliphatic hydroxyl groups excluding tert-OH is 1. The van der Waals surface area contributed by atoms with E-state index in [1.807, 2.05) is 37.3 Å². The third kappa shape index (κ3) is 4.99. The molecule has 0 radical (unpaired) electrons. The third-order valence-corrected chi connectivity index (χ3v) is 2.72. The number of aliphatic hydroxyl groups is 1. The van der Waals surface area contributed by atoms with Gasteiger partial charge in [-0.15, -0.1) is 0 Å². The van der Waals surface area contributed by atoms with Gasteiger partial charge in [0, 0.05) is 12.6 Å². The Hall–Kier alpha value is -1.37. The molecule has 1 rings (SSSR count). The molecule has 0 aliphatic heterocycles. The maximum absolute atomic E-state index is 9.67. The van der Waals surface area contributed by atoms with Gasteiger partial charge in [-0.25, -0.2) is 0 Å². The summed E-state index contributed by atoms with van der Waals surface area (Å²) in [5, 5.41) is 21.7. The summed E-state index contributed by atoms with van der Waals surface area (Å²) in [5.74, 6) is 0. The van der Waals surface area contributed by atoms with E-state index in [0.717, 1.165) is 18.4 Å². The lowest BCUT2D eigenvalue weighted by Gasteiger charge is -2.18. The van der Waals surface area contributed by atoms with Crippen molar-refractivity contribution in [2.75, 3.05) is 6.54 Å². The molecule has 2 unspecified atom stereocenters. The van der Waals surface area contributed by atoms with Crippen LogP contribution in [0.3, 0.4) is 0 Å². The van der Waals surface area contributed by atoms with Crippen molar-refractivity contribution in [3.05, 3.63) is 35.9 Å². The van der Waals surface area contributed by atoms with Crippen LogP contribution in [0.2, 0.25) is 0 Å². The van der Waals surface area contributed by atoms with Crippen molar-refractivity contribution < 1.29 is 5.11 Å². The maximum atomic E-state index is 9.67. The summed E-state index contributed by atoms with van der Waals surface area (Å²) < 4.78 is 0. The van der Waals surface area contributed by atoms with E-state index in [1.165, 1.54) is 0 Å². The van der Waals surface area contributed by atoms with Crippen LogP contribution in [0.25, 0.3) is 0 Å². The predicted molar refractivity (Wildman–Crippen MR) is 68.3 cm³/mol. The van der Waals surface area contributed by atoms with E-state index in [4.69, 9.17) is 5.26 Å². The van der Waals surface area contributed by atoms with Crippen molar-refractivity contribution >= 4 is 0 Å². The Labute approximate surface area is 103 Å². The van der Waals surface area contributed by atoms with Gasteiger partial charge < -0.3 is 10.4 Å². The Morgan fingerprint density at radius 1 is 1.35 bits per heavy atom. The second kappa shape index (κ2) is 7.83. The van der Waals surface area contributed by atoms with Crippen LogP contribution in [0, 0.1) is 11.3 Å². The van der Waals surface area contributed by atoms with Crippen molar-refractivity contribution in [1.29, 1.82) is 5.26 Å². The second-order valence-corrected chi connectivity index (χ2v) is 4.18. The molecular weight excluding hydrogens is 212 g/mol. The van der Waals surface area contributed by atoms with Gasteiger partial charge in [-0.1, -0.05) is 43.7 Å². The quantitative estimate of drug-likeness (QED) is 0.759.